The Labute approximate surface area is 117 Å². The van der Waals surface area contributed by atoms with E-state index in [1.54, 1.807) is 6.92 Å². The Morgan fingerprint density at radius 2 is 1.90 bits per heavy atom. The first kappa shape index (κ1) is 12.6. The van der Waals surface area contributed by atoms with Crippen LogP contribution < -0.4 is 0 Å². The number of ether oxygens (including phenoxy) is 1. The molecule has 0 fully saturated rings. The number of carbonyl (C=O) groups is 1. The van der Waals surface area contributed by atoms with Crippen molar-refractivity contribution < 1.29 is 9.53 Å². The van der Waals surface area contributed by atoms with Gasteiger partial charge in [0, 0.05) is 10.8 Å². The fourth-order valence-corrected chi connectivity index (χ4v) is 2.42. The molecule has 0 radical (unpaired) electrons. The van der Waals surface area contributed by atoms with Gasteiger partial charge in [0.25, 0.3) is 0 Å². The molecule has 0 saturated carbocycles. The second-order valence-electron chi connectivity index (χ2n) is 4.75. The summed E-state index contributed by atoms with van der Waals surface area (Å²) in [7, 11) is 0. The number of esters is 1. The van der Waals surface area contributed by atoms with Crippen molar-refractivity contribution >= 4 is 27.6 Å². The zero-order valence-electron chi connectivity index (χ0n) is 11.5. The Balaban J connectivity index is 2.41. The molecule has 3 heteroatoms. The van der Waals surface area contributed by atoms with Crippen molar-refractivity contribution in [3.05, 3.63) is 53.7 Å². The lowest BCUT2D eigenvalue weighted by Gasteiger charge is -2.09. The predicted octanol–water partition coefficient (Wildman–Crippen LogP) is 3.87. The van der Waals surface area contributed by atoms with Gasteiger partial charge in [0.15, 0.2) is 5.69 Å². The minimum absolute atomic E-state index is 0.348. The van der Waals surface area contributed by atoms with Gasteiger partial charge in [-0.3, -0.25) is 0 Å². The molecule has 0 spiro atoms. The molecule has 20 heavy (non-hydrogen) atoms. The maximum absolute atomic E-state index is 12.1. The van der Waals surface area contributed by atoms with Crippen LogP contribution in [0.5, 0.6) is 0 Å². The first-order valence-corrected chi connectivity index (χ1v) is 6.67. The zero-order valence-corrected chi connectivity index (χ0v) is 11.5. The van der Waals surface area contributed by atoms with Crippen molar-refractivity contribution in [3.63, 3.8) is 0 Å². The predicted molar refractivity (Wildman–Crippen MR) is 79.9 cm³/mol. The van der Waals surface area contributed by atoms with E-state index in [0.717, 1.165) is 27.2 Å². The maximum atomic E-state index is 12.1. The molecule has 0 saturated heterocycles. The van der Waals surface area contributed by atoms with Crippen LogP contribution in [0.4, 0.5) is 0 Å². The molecule has 2 aromatic carbocycles. The van der Waals surface area contributed by atoms with Crippen molar-refractivity contribution in [2.75, 3.05) is 6.61 Å². The number of pyridine rings is 1. The number of aromatic nitrogens is 1. The first-order chi connectivity index (χ1) is 9.70. The first-order valence-electron chi connectivity index (χ1n) is 6.67. The van der Waals surface area contributed by atoms with Crippen LogP contribution in [0.25, 0.3) is 21.7 Å². The highest BCUT2D eigenvalue weighted by Crippen LogP contribution is 2.27. The third-order valence-electron chi connectivity index (χ3n) is 3.33. The molecule has 1 heterocycles. The monoisotopic (exact) mass is 265 g/mol. The molecule has 0 amide bonds. The summed E-state index contributed by atoms with van der Waals surface area (Å²) in [6.45, 7) is 4.15. The molecule has 3 aromatic rings. The maximum Gasteiger partial charge on any atom is 0.357 e. The number of para-hydroxylation sites is 1. The van der Waals surface area contributed by atoms with Gasteiger partial charge in [-0.05, 0) is 31.4 Å². The summed E-state index contributed by atoms with van der Waals surface area (Å²) < 4.78 is 5.12. The summed E-state index contributed by atoms with van der Waals surface area (Å²) in [5.41, 5.74) is 2.30. The molecule has 0 N–H and O–H groups in total. The topological polar surface area (TPSA) is 39.2 Å². The Morgan fingerprint density at radius 3 is 2.70 bits per heavy atom. The van der Waals surface area contributed by atoms with Gasteiger partial charge in [0.2, 0.25) is 0 Å². The third kappa shape index (κ3) is 2.01. The Bertz CT molecular complexity index is 809. The average molecular weight is 265 g/mol. The second kappa shape index (κ2) is 4.93. The molecular formula is C17H15NO2. The van der Waals surface area contributed by atoms with Crippen molar-refractivity contribution in [2.45, 2.75) is 13.8 Å². The fraction of sp³-hybridized carbons (Fsp3) is 0.176. The zero-order chi connectivity index (χ0) is 14.1. The molecule has 3 rings (SSSR count). The molecule has 0 aliphatic rings. The van der Waals surface area contributed by atoms with Crippen LogP contribution in [0.1, 0.15) is 23.0 Å². The van der Waals surface area contributed by atoms with Crippen molar-refractivity contribution in [3.8, 4) is 0 Å². The Hall–Kier alpha value is -2.42. The van der Waals surface area contributed by atoms with Gasteiger partial charge in [-0.1, -0.05) is 35.9 Å². The summed E-state index contributed by atoms with van der Waals surface area (Å²) >= 11 is 0. The SMILES string of the molecule is CCOC(=O)c1nc2ccccc2c2ccc(C)cc12. The van der Waals surface area contributed by atoms with Crippen LogP contribution in [0.15, 0.2) is 42.5 Å². The highest BCUT2D eigenvalue weighted by Gasteiger charge is 2.15. The number of fused-ring (bicyclic) bond motifs is 3. The van der Waals surface area contributed by atoms with Gasteiger partial charge in [0.05, 0.1) is 12.1 Å². The molecule has 100 valence electrons. The fourth-order valence-electron chi connectivity index (χ4n) is 2.42. The number of aryl methyl sites for hydroxylation is 1. The Kier molecular flexibility index (Phi) is 3.11. The van der Waals surface area contributed by atoms with Crippen LogP contribution in [0.3, 0.4) is 0 Å². The van der Waals surface area contributed by atoms with Gasteiger partial charge < -0.3 is 4.74 Å². The van der Waals surface area contributed by atoms with E-state index in [1.165, 1.54) is 0 Å². The average Bonchev–Trinajstić information content (AvgIpc) is 2.46. The summed E-state index contributed by atoms with van der Waals surface area (Å²) in [4.78, 5) is 16.6. The molecule has 0 bridgehead atoms. The van der Waals surface area contributed by atoms with Gasteiger partial charge in [0.1, 0.15) is 0 Å². The molecule has 0 unspecified atom stereocenters. The van der Waals surface area contributed by atoms with Crippen LogP contribution >= 0.6 is 0 Å². The molecular weight excluding hydrogens is 250 g/mol. The van der Waals surface area contributed by atoms with Crippen LogP contribution in [0.2, 0.25) is 0 Å². The largest absolute Gasteiger partial charge is 0.461 e. The van der Waals surface area contributed by atoms with E-state index in [9.17, 15) is 4.79 Å². The standard InChI is InChI=1S/C17H15NO2/c1-3-20-17(19)16-14-10-11(2)8-9-12(14)13-6-4-5-7-15(13)18-16/h4-10H,3H2,1-2H3. The minimum atomic E-state index is -0.367. The number of hydrogen-bond donors (Lipinski definition) is 0. The third-order valence-corrected chi connectivity index (χ3v) is 3.33. The molecule has 1 aromatic heterocycles. The number of hydrogen-bond acceptors (Lipinski definition) is 3. The lowest BCUT2D eigenvalue weighted by molar-refractivity contribution is 0.0522. The van der Waals surface area contributed by atoms with Gasteiger partial charge in [-0.15, -0.1) is 0 Å². The van der Waals surface area contributed by atoms with Gasteiger partial charge in [-0.2, -0.15) is 0 Å². The van der Waals surface area contributed by atoms with Crippen LogP contribution in [-0.2, 0) is 4.74 Å². The second-order valence-corrected chi connectivity index (χ2v) is 4.75. The number of benzene rings is 2. The highest BCUT2D eigenvalue weighted by atomic mass is 16.5. The van der Waals surface area contributed by atoms with Crippen molar-refractivity contribution in [1.82, 2.24) is 4.98 Å². The normalized spacial score (nSPS) is 10.9. The number of carbonyl (C=O) groups excluding carboxylic acids is 1. The summed E-state index contributed by atoms with van der Waals surface area (Å²) in [6, 6.07) is 13.9. The molecule has 0 aliphatic carbocycles. The summed E-state index contributed by atoms with van der Waals surface area (Å²) in [5, 5.41) is 2.93. The van der Waals surface area contributed by atoms with Crippen LogP contribution in [-0.4, -0.2) is 17.6 Å². The van der Waals surface area contributed by atoms with E-state index in [1.807, 2.05) is 49.4 Å². The number of rotatable bonds is 2. The minimum Gasteiger partial charge on any atom is -0.461 e. The number of nitrogens with zero attached hydrogens (tertiary/aromatic N) is 1. The Morgan fingerprint density at radius 1 is 1.10 bits per heavy atom. The van der Waals surface area contributed by atoms with Crippen LogP contribution in [0, 0.1) is 6.92 Å². The van der Waals surface area contributed by atoms with E-state index < -0.39 is 0 Å². The van der Waals surface area contributed by atoms with E-state index in [2.05, 4.69) is 4.98 Å². The van der Waals surface area contributed by atoms with E-state index in [4.69, 9.17) is 4.74 Å². The molecule has 0 atom stereocenters. The van der Waals surface area contributed by atoms with Gasteiger partial charge >= 0.3 is 5.97 Å². The smallest absolute Gasteiger partial charge is 0.357 e. The van der Waals surface area contributed by atoms with E-state index in [-0.39, 0.29) is 5.97 Å². The lowest BCUT2D eigenvalue weighted by atomic mass is 10.0. The molecule has 0 aliphatic heterocycles. The van der Waals surface area contributed by atoms with Crippen molar-refractivity contribution in [2.24, 2.45) is 0 Å². The lowest BCUT2D eigenvalue weighted by Crippen LogP contribution is -2.08. The summed E-state index contributed by atoms with van der Waals surface area (Å²) in [5.74, 6) is -0.367. The van der Waals surface area contributed by atoms with E-state index >= 15 is 0 Å². The van der Waals surface area contributed by atoms with Gasteiger partial charge in [-0.25, -0.2) is 9.78 Å². The summed E-state index contributed by atoms with van der Waals surface area (Å²) in [6.07, 6.45) is 0. The highest BCUT2D eigenvalue weighted by molar-refractivity contribution is 6.13. The molecule has 3 nitrogen and oxygen atoms in total. The van der Waals surface area contributed by atoms with E-state index in [0.29, 0.717) is 12.3 Å². The quantitative estimate of drug-likeness (QED) is 0.521. The van der Waals surface area contributed by atoms with Crippen molar-refractivity contribution in [1.29, 1.82) is 0 Å².